The maximum Gasteiger partial charge on any atom is 0.302 e. The molecule has 0 aromatic heterocycles. The minimum atomic E-state index is -0.478. The highest BCUT2D eigenvalue weighted by molar-refractivity contribution is 5.65. The summed E-state index contributed by atoms with van der Waals surface area (Å²) in [6, 6.07) is 4.38. The van der Waals surface area contributed by atoms with Gasteiger partial charge in [0.05, 0.1) is 0 Å². The van der Waals surface area contributed by atoms with Gasteiger partial charge in [0.2, 0.25) is 0 Å². The summed E-state index contributed by atoms with van der Waals surface area (Å²) in [6.07, 6.45) is 2.32. The van der Waals surface area contributed by atoms with Crippen LogP contribution in [0.1, 0.15) is 26.2 Å². The summed E-state index contributed by atoms with van der Waals surface area (Å²) in [7, 11) is 0. The Balaban J connectivity index is 1.90. The molecule has 0 unspecified atom stereocenters. The van der Waals surface area contributed by atoms with Crippen LogP contribution in [0, 0.1) is 5.82 Å². The van der Waals surface area contributed by atoms with Gasteiger partial charge in [-0.25, -0.2) is 4.39 Å². The zero-order valence-electron chi connectivity index (χ0n) is 11.4. The van der Waals surface area contributed by atoms with Crippen molar-refractivity contribution >= 4 is 11.7 Å². The van der Waals surface area contributed by atoms with Crippen molar-refractivity contribution in [1.29, 1.82) is 0 Å². The fraction of sp³-hybridized carbons (Fsp3) is 0.500. The molecule has 1 aliphatic heterocycles. The van der Waals surface area contributed by atoms with Crippen molar-refractivity contribution < 1.29 is 18.7 Å². The van der Waals surface area contributed by atoms with Crippen LogP contribution in [-0.4, -0.2) is 24.8 Å². The number of piperidine rings is 1. The van der Waals surface area contributed by atoms with Gasteiger partial charge in [-0.1, -0.05) is 0 Å². The highest BCUT2D eigenvalue weighted by atomic mass is 19.1. The average Bonchev–Trinajstić information content (AvgIpc) is 2.40. The number of benzene rings is 1. The molecule has 20 heavy (non-hydrogen) atoms. The second-order valence-corrected chi connectivity index (χ2v) is 4.89. The smallest absolute Gasteiger partial charge is 0.302 e. The molecular formula is C14H19FN2O3. The van der Waals surface area contributed by atoms with E-state index in [1.54, 1.807) is 6.07 Å². The normalized spacial score (nSPS) is 22.3. The molecular weight excluding hydrogens is 263 g/mol. The lowest BCUT2D eigenvalue weighted by molar-refractivity contribution is -0.142. The van der Waals surface area contributed by atoms with E-state index in [0.29, 0.717) is 12.3 Å². The van der Waals surface area contributed by atoms with Gasteiger partial charge in [0.25, 0.3) is 0 Å². The molecule has 1 aromatic carbocycles. The third kappa shape index (κ3) is 4.09. The molecule has 0 aliphatic carbocycles. The zero-order valence-corrected chi connectivity index (χ0v) is 11.4. The monoisotopic (exact) mass is 282 g/mol. The lowest BCUT2D eigenvalue weighted by Crippen LogP contribution is -2.47. The number of hydrogen-bond acceptors (Lipinski definition) is 5. The van der Waals surface area contributed by atoms with Gasteiger partial charge in [-0.15, -0.1) is 0 Å². The first kappa shape index (κ1) is 14.6. The number of esters is 1. The molecule has 0 amide bonds. The predicted molar refractivity (Wildman–Crippen MR) is 72.6 cm³/mol. The van der Waals surface area contributed by atoms with E-state index >= 15 is 0 Å². The molecule has 0 saturated carbocycles. The summed E-state index contributed by atoms with van der Waals surface area (Å²) in [5, 5.41) is 3.20. The van der Waals surface area contributed by atoms with Gasteiger partial charge in [0.1, 0.15) is 6.61 Å². The van der Waals surface area contributed by atoms with Crippen molar-refractivity contribution in [3.8, 4) is 5.75 Å². The first-order valence-corrected chi connectivity index (χ1v) is 6.65. The first-order chi connectivity index (χ1) is 9.54. The maximum absolute atomic E-state index is 13.7. The highest BCUT2D eigenvalue weighted by Crippen LogP contribution is 2.23. The molecule has 110 valence electrons. The standard InChI is InChI=1S/C14H19FN2O3/c1-9(18)19-8-11-3-2-4-14(17-11)20-13-6-5-10(16)7-12(13)15/h5-7,11,14,17H,2-4,8,16H2,1H3/t11-,14+/m1/s1. The number of halogens is 1. The van der Waals surface area contributed by atoms with Crippen LogP contribution in [0.5, 0.6) is 5.75 Å². The zero-order chi connectivity index (χ0) is 14.5. The summed E-state index contributed by atoms with van der Waals surface area (Å²) in [6.45, 7) is 1.68. The van der Waals surface area contributed by atoms with Gasteiger partial charge >= 0.3 is 5.97 Å². The summed E-state index contributed by atoms with van der Waals surface area (Å²) < 4.78 is 24.2. The molecule has 3 N–H and O–H groups in total. The fourth-order valence-corrected chi connectivity index (χ4v) is 2.19. The fourth-order valence-electron chi connectivity index (χ4n) is 2.19. The molecule has 6 heteroatoms. The van der Waals surface area contributed by atoms with E-state index in [2.05, 4.69) is 5.32 Å². The molecule has 1 heterocycles. The number of carbonyl (C=O) groups excluding carboxylic acids is 1. The molecule has 2 atom stereocenters. The third-order valence-corrected chi connectivity index (χ3v) is 3.15. The van der Waals surface area contributed by atoms with Crippen LogP contribution in [0.4, 0.5) is 10.1 Å². The van der Waals surface area contributed by atoms with E-state index < -0.39 is 5.82 Å². The molecule has 5 nitrogen and oxygen atoms in total. The maximum atomic E-state index is 13.7. The quantitative estimate of drug-likeness (QED) is 0.651. The molecule has 0 radical (unpaired) electrons. The number of rotatable bonds is 4. The summed E-state index contributed by atoms with van der Waals surface area (Å²) >= 11 is 0. The number of anilines is 1. The molecule has 0 bridgehead atoms. The number of nitrogen functional groups attached to an aromatic ring is 1. The molecule has 2 rings (SSSR count). The number of hydrogen-bond donors (Lipinski definition) is 2. The van der Waals surface area contributed by atoms with Crippen molar-refractivity contribution in [1.82, 2.24) is 5.32 Å². The second-order valence-electron chi connectivity index (χ2n) is 4.89. The Morgan fingerprint density at radius 1 is 1.50 bits per heavy atom. The van der Waals surface area contributed by atoms with Gasteiger partial charge in [-0.05, 0) is 31.4 Å². The van der Waals surface area contributed by atoms with Gasteiger partial charge in [0.15, 0.2) is 17.8 Å². The minimum absolute atomic E-state index is 0.0366. The molecule has 1 fully saturated rings. The Kier molecular flexibility index (Phi) is 4.79. The SMILES string of the molecule is CC(=O)OC[C@H]1CCC[C@H](Oc2ccc(N)cc2F)N1. The van der Waals surface area contributed by atoms with Crippen LogP contribution in [-0.2, 0) is 9.53 Å². The summed E-state index contributed by atoms with van der Waals surface area (Å²) in [5.74, 6) is -0.613. The Hall–Kier alpha value is -1.82. The molecule has 1 aliphatic rings. The Bertz CT molecular complexity index is 481. The largest absolute Gasteiger partial charge is 0.472 e. The molecule has 1 saturated heterocycles. The van der Waals surface area contributed by atoms with Gasteiger partial charge in [0, 0.05) is 24.7 Å². The van der Waals surface area contributed by atoms with Crippen LogP contribution in [0.15, 0.2) is 18.2 Å². The number of carbonyl (C=O) groups is 1. The minimum Gasteiger partial charge on any atom is -0.472 e. The first-order valence-electron chi connectivity index (χ1n) is 6.65. The van der Waals surface area contributed by atoms with E-state index in [1.807, 2.05) is 0 Å². The van der Waals surface area contributed by atoms with Crippen LogP contribution < -0.4 is 15.8 Å². The van der Waals surface area contributed by atoms with Gasteiger partial charge in [-0.2, -0.15) is 0 Å². The lowest BCUT2D eigenvalue weighted by Gasteiger charge is -2.31. The van der Waals surface area contributed by atoms with Crippen LogP contribution in [0.3, 0.4) is 0 Å². The number of nitrogens with one attached hydrogen (secondary N) is 1. The van der Waals surface area contributed by atoms with E-state index in [4.69, 9.17) is 15.2 Å². The van der Waals surface area contributed by atoms with E-state index in [-0.39, 0.29) is 24.0 Å². The third-order valence-electron chi connectivity index (χ3n) is 3.15. The van der Waals surface area contributed by atoms with Crippen molar-refractivity contribution in [3.63, 3.8) is 0 Å². The number of ether oxygens (including phenoxy) is 2. The van der Waals surface area contributed by atoms with Gasteiger partial charge in [-0.3, -0.25) is 10.1 Å². The Morgan fingerprint density at radius 2 is 2.30 bits per heavy atom. The Morgan fingerprint density at radius 3 is 3.00 bits per heavy atom. The van der Waals surface area contributed by atoms with Gasteiger partial charge < -0.3 is 15.2 Å². The van der Waals surface area contributed by atoms with Crippen LogP contribution in [0.25, 0.3) is 0 Å². The lowest BCUT2D eigenvalue weighted by atomic mass is 10.0. The Labute approximate surface area is 117 Å². The van der Waals surface area contributed by atoms with E-state index in [0.717, 1.165) is 19.3 Å². The highest BCUT2D eigenvalue weighted by Gasteiger charge is 2.23. The summed E-state index contributed by atoms with van der Waals surface area (Å²) in [5.41, 5.74) is 5.85. The van der Waals surface area contributed by atoms with E-state index in [1.165, 1.54) is 19.1 Å². The van der Waals surface area contributed by atoms with Crippen LogP contribution >= 0.6 is 0 Å². The predicted octanol–water partition coefficient (Wildman–Crippen LogP) is 1.82. The summed E-state index contributed by atoms with van der Waals surface area (Å²) in [4.78, 5) is 10.8. The number of nitrogens with two attached hydrogens (primary N) is 1. The van der Waals surface area contributed by atoms with Crippen molar-refractivity contribution in [2.24, 2.45) is 0 Å². The molecule has 1 aromatic rings. The van der Waals surface area contributed by atoms with Crippen LogP contribution in [0.2, 0.25) is 0 Å². The van der Waals surface area contributed by atoms with Crippen molar-refractivity contribution in [2.75, 3.05) is 12.3 Å². The average molecular weight is 282 g/mol. The van der Waals surface area contributed by atoms with Crippen molar-refractivity contribution in [2.45, 2.75) is 38.5 Å². The second kappa shape index (κ2) is 6.56. The topological polar surface area (TPSA) is 73.6 Å². The van der Waals surface area contributed by atoms with E-state index in [9.17, 15) is 9.18 Å². The molecule has 0 spiro atoms. The van der Waals surface area contributed by atoms with Crippen molar-refractivity contribution in [3.05, 3.63) is 24.0 Å².